The van der Waals surface area contributed by atoms with Crippen molar-refractivity contribution in [2.24, 2.45) is 4.99 Å². The Bertz CT molecular complexity index is 651. The first-order valence-corrected chi connectivity index (χ1v) is 6.39. The maximum atomic E-state index is 9.58. The molecular weight excluding hydrogens is 266 g/mol. The number of hydrogen-bond acceptors (Lipinski definition) is 4. The number of methoxy groups -OCH3 is 1. The molecule has 0 unspecified atom stereocenters. The number of aliphatic imine (C=N–C) groups is 1. The second-order valence-electron chi connectivity index (χ2n) is 4.40. The lowest BCUT2D eigenvalue weighted by Gasteiger charge is -2.14. The lowest BCUT2D eigenvalue weighted by atomic mass is 10.1. The van der Waals surface area contributed by atoms with Gasteiger partial charge in [-0.2, -0.15) is 0 Å². The van der Waals surface area contributed by atoms with Crippen molar-refractivity contribution in [1.82, 2.24) is 0 Å². The van der Waals surface area contributed by atoms with Gasteiger partial charge < -0.3 is 14.6 Å². The molecule has 0 amide bonds. The number of aliphatic hydroxyl groups is 1. The number of rotatable bonds is 6. The van der Waals surface area contributed by atoms with Crippen molar-refractivity contribution in [3.63, 3.8) is 0 Å². The van der Waals surface area contributed by atoms with Gasteiger partial charge in [0.05, 0.1) is 12.8 Å². The normalized spacial score (nSPS) is 9.95. The van der Waals surface area contributed by atoms with Crippen molar-refractivity contribution < 1.29 is 14.6 Å². The summed E-state index contributed by atoms with van der Waals surface area (Å²) < 4.78 is 11.1. The van der Waals surface area contributed by atoms with Crippen LogP contribution in [0.15, 0.2) is 54.0 Å². The van der Waals surface area contributed by atoms with Crippen LogP contribution in [0.4, 0.5) is 5.69 Å². The predicted octanol–water partition coefficient (Wildman–Crippen LogP) is 4.14. The van der Waals surface area contributed by atoms with Crippen LogP contribution in [0.2, 0.25) is 0 Å². The molecule has 0 spiro atoms. The largest absolute Gasteiger partial charge is 0.508 e. The highest BCUT2D eigenvalue weighted by Gasteiger charge is 2.13. The maximum absolute atomic E-state index is 9.58. The van der Waals surface area contributed by atoms with Crippen molar-refractivity contribution in [1.29, 1.82) is 0 Å². The Morgan fingerprint density at radius 3 is 2.48 bits per heavy atom. The summed E-state index contributed by atoms with van der Waals surface area (Å²) in [5, 5.41) is 9.58. The zero-order chi connectivity index (χ0) is 15.2. The summed E-state index contributed by atoms with van der Waals surface area (Å²) in [6, 6.07) is 13.1. The van der Waals surface area contributed by atoms with Crippen LogP contribution < -0.4 is 9.47 Å². The molecule has 2 rings (SSSR count). The van der Waals surface area contributed by atoms with Gasteiger partial charge in [-0.3, -0.25) is 4.99 Å². The molecule has 0 aliphatic carbocycles. The Morgan fingerprint density at radius 1 is 1.19 bits per heavy atom. The molecule has 4 heteroatoms. The highest BCUT2D eigenvalue weighted by atomic mass is 16.5. The van der Waals surface area contributed by atoms with E-state index in [1.807, 2.05) is 30.3 Å². The lowest BCUT2D eigenvalue weighted by molar-refractivity contribution is 0.284. The summed E-state index contributed by atoms with van der Waals surface area (Å²) in [6.45, 7) is 7.40. The Kier molecular flexibility index (Phi) is 4.61. The quantitative estimate of drug-likeness (QED) is 0.640. The molecule has 0 bridgehead atoms. The van der Waals surface area contributed by atoms with Crippen molar-refractivity contribution in [3.05, 3.63) is 60.2 Å². The van der Waals surface area contributed by atoms with E-state index in [9.17, 15) is 5.11 Å². The average molecular weight is 283 g/mol. The van der Waals surface area contributed by atoms with Gasteiger partial charge >= 0.3 is 0 Å². The van der Waals surface area contributed by atoms with E-state index in [-0.39, 0.29) is 5.76 Å². The number of benzene rings is 2. The van der Waals surface area contributed by atoms with Gasteiger partial charge in [-0.05, 0) is 18.3 Å². The van der Waals surface area contributed by atoms with Crippen LogP contribution in [0.1, 0.15) is 11.1 Å². The SMILES string of the molecule is C=Nc1cc(OCc2ccccc2)c(OC)cc1C(=C)O. The maximum Gasteiger partial charge on any atom is 0.163 e. The average Bonchev–Trinajstić information content (AvgIpc) is 2.52. The molecule has 1 N–H and O–H groups in total. The van der Waals surface area contributed by atoms with E-state index in [1.165, 1.54) is 7.11 Å². The van der Waals surface area contributed by atoms with E-state index in [4.69, 9.17) is 9.47 Å². The fourth-order valence-electron chi connectivity index (χ4n) is 1.92. The molecule has 0 fully saturated rings. The van der Waals surface area contributed by atoms with Gasteiger partial charge in [-0.25, -0.2) is 0 Å². The zero-order valence-corrected chi connectivity index (χ0v) is 11.9. The van der Waals surface area contributed by atoms with E-state index < -0.39 is 0 Å². The topological polar surface area (TPSA) is 51.0 Å². The van der Waals surface area contributed by atoms with Gasteiger partial charge in [0.25, 0.3) is 0 Å². The Balaban J connectivity index is 2.30. The zero-order valence-electron chi connectivity index (χ0n) is 11.9. The molecule has 0 aliphatic rings. The van der Waals surface area contributed by atoms with E-state index >= 15 is 0 Å². The Morgan fingerprint density at radius 2 is 1.90 bits per heavy atom. The molecule has 0 aromatic heterocycles. The van der Waals surface area contributed by atoms with Crippen molar-refractivity contribution >= 4 is 18.2 Å². The third-order valence-corrected chi connectivity index (χ3v) is 3.00. The summed E-state index contributed by atoms with van der Waals surface area (Å²) in [4.78, 5) is 3.88. The summed E-state index contributed by atoms with van der Waals surface area (Å²) >= 11 is 0. The monoisotopic (exact) mass is 283 g/mol. The Labute approximate surface area is 124 Å². The molecule has 21 heavy (non-hydrogen) atoms. The van der Waals surface area contributed by atoms with Gasteiger partial charge in [-0.15, -0.1) is 0 Å². The first kappa shape index (κ1) is 14.7. The molecular formula is C17H17NO3. The van der Waals surface area contributed by atoms with Crippen LogP contribution in [0.5, 0.6) is 11.5 Å². The van der Waals surface area contributed by atoms with Crippen molar-refractivity contribution in [2.45, 2.75) is 6.61 Å². The molecule has 0 atom stereocenters. The number of aliphatic hydroxyl groups excluding tert-OH is 1. The smallest absolute Gasteiger partial charge is 0.163 e. The first-order chi connectivity index (χ1) is 10.2. The van der Waals surface area contributed by atoms with E-state index in [1.54, 1.807) is 12.1 Å². The minimum absolute atomic E-state index is 0.0923. The molecule has 0 radical (unpaired) electrons. The van der Waals surface area contributed by atoms with E-state index in [0.717, 1.165) is 5.56 Å². The van der Waals surface area contributed by atoms with E-state index in [0.29, 0.717) is 29.4 Å². The minimum Gasteiger partial charge on any atom is -0.508 e. The molecule has 2 aromatic rings. The van der Waals surface area contributed by atoms with Gasteiger partial charge in [0.15, 0.2) is 11.5 Å². The molecule has 108 valence electrons. The van der Waals surface area contributed by atoms with Crippen LogP contribution in [-0.2, 0) is 6.61 Å². The number of nitrogens with zero attached hydrogens (tertiary/aromatic N) is 1. The summed E-state index contributed by atoms with van der Waals surface area (Å²) in [7, 11) is 1.54. The van der Waals surface area contributed by atoms with Crippen molar-refractivity contribution in [2.75, 3.05) is 7.11 Å². The summed E-state index contributed by atoms with van der Waals surface area (Å²) in [6.07, 6.45) is 0. The second-order valence-corrected chi connectivity index (χ2v) is 4.40. The molecule has 0 saturated carbocycles. The van der Waals surface area contributed by atoms with Gasteiger partial charge in [0.1, 0.15) is 12.4 Å². The number of ether oxygens (including phenoxy) is 2. The minimum atomic E-state index is -0.0923. The molecule has 0 heterocycles. The first-order valence-electron chi connectivity index (χ1n) is 6.39. The van der Waals surface area contributed by atoms with Crippen LogP contribution >= 0.6 is 0 Å². The highest BCUT2D eigenvalue weighted by molar-refractivity contribution is 5.73. The summed E-state index contributed by atoms with van der Waals surface area (Å²) in [5.41, 5.74) is 2.00. The van der Waals surface area contributed by atoms with Crippen LogP contribution in [-0.4, -0.2) is 18.9 Å². The highest BCUT2D eigenvalue weighted by Crippen LogP contribution is 2.37. The third kappa shape index (κ3) is 3.42. The standard InChI is InChI=1S/C17H17NO3/c1-12(19)14-9-16(20-3)17(10-15(14)18-2)21-11-13-7-5-4-6-8-13/h4-10,19H,1-2,11H2,3H3. The molecule has 0 saturated heterocycles. The van der Waals surface area contributed by atoms with Crippen LogP contribution in [0.25, 0.3) is 5.76 Å². The van der Waals surface area contributed by atoms with Gasteiger partial charge in [0.2, 0.25) is 0 Å². The van der Waals surface area contributed by atoms with Gasteiger partial charge in [-0.1, -0.05) is 36.9 Å². The molecule has 2 aromatic carbocycles. The van der Waals surface area contributed by atoms with Gasteiger partial charge in [0, 0.05) is 11.6 Å². The lowest BCUT2D eigenvalue weighted by Crippen LogP contribution is -1.98. The molecule has 4 nitrogen and oxygen atoms in total. The van der Waals surface area contributed by atoms with Crippen LogP contribution in [0.3, 0.4) is 0 Å². The fourth-order valence-corrected chi connectivity index (χ4v) is 1.92. The second kappa shape index (κ2) is 6.61. The fraction of sp³-hybridized carbons (Fsp3) is 0.118. The van der Waals surface area contributed by atoms with Crippen molar-refractivity contribution in [3.8, 4) is 11.5 Å². The molecule has 0 aliphatic heterocycles. The number of hydrogen-bond donors (Lipinski definition) is 1. The predicted molar refractivity (Wildman–Crippen MR) is 84.6 cm³/mol. The van der Waals surface area contributed by atoms with E-state index in [2.05, 4.69) is 18.3 Å². The Hall–Kier alpha value is -2.75. The summed E-state index contributed by atoms with van der Waals surface area (Å²) in [5.74, 6) is 0.947. The van der Waals surface area contributed by atoms with Crippen LogP contribution in [0, 0.1) is 0 Å². The third-order valence-electron chi connectivity index (χ3n) is 3.00.